The molecule has 0 saturated carbocycles. The Hall–Kier alpha value is -1.85. The van der Waals surface area contributed by atoms with E-state index < -0.39 is 0 Å². The summed E-state index contributed by atoms with van der Waals surface area (Å²) < 4.78 is 1.75. The fraction of sp³-hybridized carbons (Fsp3) is 0.444. The lowest BCUT2D eigenvalue weighted by atomic mass is 10.2. The van der Waals surface area contributed by atoms with Crippen LogP contribution in [-0.2, 0) is 11.3 Å². The Morgan fingerprint density at radius 2 is 1.92 bits per heavy atom. The van der Waals surface area contributed by atoms with Gasteiger partial charge in [-0.2, -0.15) is 5.10 Å². The molecule has 0 aliphatic carbocycles. The van der Waals surface area contributed by atoms with Crippen LogP contribution in [0.5, 0.6) is 0 Å². The molecule has 0 aliphatic rings. The number of hydrogen-bond acceptors (Lipinski definition) is 3. The number of benzene rings is 1. The molecule has 5 nitrogen and oxygen atoms in total. The summed E-state index contributed by atoms with van der Waals surface area (Å²) in [5.41, 5.74) is 0.969. The Morgan fingerprint density at radius 1 is 1.21 bits per heavy atom. The monoisotopic (exact) mass is 348 g/mol. The van der Waals surface area contributed by atoms with Gasteiger partial charge in [0.2, 0.25) is 5.91 Å². The maximum atomic E-state index is 12.3. The molecule has 0 saturated heterocycles. The van der Waals surface area contributed by atoms with E-state index >= 15 is 0 Å². The number of hydrogen-bond donors (Lipinski definition) is 1. The average molecular weight is 349 g/mol. The standard InChI is InChI=1S/C18H25ClN4O/c1-3-11-22(12-4-2)14-18(24)21-17-9-10-20-23(17)13-15-7-5-6-8-16(15)19/h5-10H,3-4,11-14H2,1-2H3,(H,21,24). The third kappa shape index (κ3) is 5.35. The van der Waals surface area contributed by atoms with Crippen molar-refractivity contribution in [3.8, 4) is 0 Å². The highest BCUT2D eigenvalue weighted by Crippen LogP contribution is 2.18. The van der Waals surface area contributed by atoms with E-state index in [2.05, 4.69) is 29.2 Å². The first-order valence-electron chi connectivity index (χ1n) is 8.41. The Kier molecular flexibility index (Phi) is 7.28. The van der Waals surface area contributed by atoms with Crippen molar-refractivity contribution >= 4 is 23.3 Å². The molecule has 1 N–H and O–H groups in total. The molecule has 1 aromatic heterocycles. The van der Waals surface area contributed by atoms with Gasteiger partial charge in [0.25, 0.3) is 0 Å². The zero-order chi connectivity index (χ0) is 17.4. The molecule has 0 radical (unpaired) electrons. The molecule has 6 heteroatoms. The molecule has 1 heterocycles. The number of nitrogens with one attached hydrogen (secondary N) is 1. The van der Waals surface area contributed by atoms with Gasteiger partial charge in [0.05, 0.1) is 19.3 Å². The molecule has 24 heavy (non-hydrogen) atoms. The normalized spacial score (nSPS) is 11.0. The van der Waals surface area contributed by atoms with Gasteiger partial charge in [0.15, 0.2) is 0 Å². The number of halogens is 1. The fourth-order valence-electron chi connectivity index (χ4n) is 2.64. The molecule has 0 aliphatic heterocycles. The van der Waals surface area contributed by atoms with Crippen molar-refractivity contribution in [1.29, 1.82) is 0 Å². The van der Waals surface area contributed by atoms with Gasteiger partial charge in [-0.1, -0.05) is 43.6 Å². The average Bonchev–Trinajstić information content (AvgIpc) is 2.97. The number of carbonyl (C=O) groups excluding carboxylic acids is 1. The van der Waals surface area contributed by atoms with Crippen molar-refractivity contribution in [2.24, 2.45) is 0 Å². The van der Waals surface area contributed by atoms with Crippen LogP contribution in [0.15, 0.2) is 36.5 Å². The number of aromatic nitrogens is 2. The minimum Gasteiger partial charge on any atom is -0.310 e. The Labute approximate surface area is 148 Å². The van der Waals surface area contributed by atoms with Crippen molar-refractivity contribution in [1.82, 2.24) is 14.7 Å². The summed E-state index contributed by atoms with van der Waals surface area (Å²) in [4.78, 5) is 14.5. The predicted molar refractivity (Wildman–Crippen MR) is 98.4 cm³/mol. The Morgan fingerprint density at radius 3 is 2.58 bits per heavy atom. The molecule has 0 bridgehead atoms. The number of anilines is 1. The van der Waals surface area contributed by atoms with Gasteiger partial charge in [-0.15, -0.1) is 0 Å². The third-order valence-corrected chi connectivity index (χ3v) is 4.08. The minimum absolute atomic E-state index is 0.0159. The van der Waals surface area contributed by atoms with Gasteiger partial charge >= 0.3 is 0 Å². The van der Waals surface area contributed by atoms with Crippen molar-refractivity contribution in [3.05, 3.63) is 47.1 Å². The van der Waals surface area contributed by atoms with Gasteiger partial charge in [0, 0.05) is 11.1 Å². The molecular formula is C18H25ClN4O. The van der Waals surface area contributed by atoms with Crippen molar-refractivity contribution in [3.63, 3.8) is 0 Å². The molecule has 2 rings (SSSR count). The van der Waals surface area contributed by atoms with Gasteiger partial charge < -0.3 is 5.32 Å². The highest BCUT2D eigenvalue weighted by atomic mass is 35.5. The van der Waals surface area contributed by atoms with Crippen LogP contribution in [0, 0.1) is 0 Å². The summed E-state index contributed by atoms with van der Waals surface area (Å²) in [6.45, 7) is 7.04. The van der Waals surface area contributed by atoms with E-state index in [1.54, 1.807) is 16.9 Å². The Balaban J connectivity index is 1.99. The smallest absolute Gasteiger partial charge is 0.239 e. The maximum Gasteiger partial charge on any atom is 0.239 e. The highest BCUT2D eigenvalue weighted by molar-refractivity contribution is 6.31. The van der Waals surface area contributed by atoms with E-state index in [1.807, 2.05) is 24.3 Å². The molecule has 1 aromatic carbocycles. The van der Waals surface area contributed by atoms with Crippen molar-refractivity contribution in [2.75, 3.05) is 25.0 Å². The van der Waals surface area contributed by atoms with E-state index in [9.17, 15) is 4.79 Å². The molecule has 130 valence electrons. The van der Waals surface area contributed by atoms with Gasteiger partial charge in [-0.25, -0.2) is 4.68 Å². The molecule has 1 amide bonds. The van der Waals surface area contributed by atoms with Gasteiger partial charge in [-0.3, -0.25) is 9.69 Å². The zero-order valence-corrected chi connectivity index (χ0v) is 15.1. The van der Waals surface area contributed by atoms with Crippen molar-refractivity contribution < 1.29 is 4.79 Å². The van der Waals surface area contributed by atoms with Crippen LogP contribution in [0.4, 0.5) is 5.82 Å². The van der Waals surface area contributed by atoms with Gasteiger partial charge in [0.1, 0.15) is 5.82 Å². The largest absolute Gasteiger partial charge is 0.310 e. The lowest BCUT2D eigenvalue weighted by Gasteiger charge is -2.20. The Bertz CT molecular complexity index is 650. The van der Waals surface area contributed by atoms with Crippen LogP contribution in [0.25, 0.3) is 0 Å². The molecule has 0 atom stereocenters. The maximum absolute atomic E-state index is 12.3. The predicted octanol–water partition coefficient (Wildman–Crippen LogP) is 3.65. The first-order chi connectivity index (χ1) is 11.6. The van der Waals surface area contributed by atoms with E-state index in [1.165, 1.54) is 0 Å². The van der Waals surface area contributed by atoms with Crippen LogP contribution in [-0.4, -0.2) is 40.2 Å². The summed E-state index contributed by atoms with van der Waals surface area (Å²) in [5.74, 6) is 0.672. The number of amides is 1. The van der Waals surface area contributed by atoms with Crippen LogP contribution in [0.1, 0.15) is 32.3 Å². The summed E-state index contributed by atoms with van der Waals surface area (Å²) in [5, 5.41) is 7.94. The molecular weight excluding hydrogens is 324 g/mol. The second-order valence-electron chi connectivity index (χ2n) is 5.79. The van der Waals surface area contributed by atoms with Crippen LogP contribution in [0.3, 0.4) is 0 Å². The highest BCUT2D eigenvalue weighted by Gasteiger charge is 2.12. The zero-order valence-electron chi connectivity index (χ0n) is 14.3. The molecule has 2 aromatic rings. The van der Waals surface area contributed by atoms with Gasteiger partial charge in [-0.05, 0) is 37.6 Å². The van der Waals surface area contributed by atoms with E-state index in [-0.39, 0.29) is 5.91 Å². The third-order valence-electron chi connectivity index (χ3n) is 3.71. The van der Waals surface area contributed by atoms with Crippen LogP contribution < -0.4 is 5.32 Å². The topological polar surface area (TPSA) is 50.2 Å². The van der Waals surface area contributed by atoms with Crippen LogP contribution in [0.2, 0.25) is 5.02 Å². The van der Waals surface area contributed by atoms with E-state index in [0.717, 1.165) is 31.5 Å². The summed E-state index contributed by atoms with van der Waals surface area (Å²) in [7, 11) is 0. The second kappa shape index (κ2) is 9.45. The van der Waals surface area contributed by atoms with E-state index in [0.29, 0.717) is 23.9 Å². The second-order valence-corrected chi connectivity index (χ2v) is 6.20. The molecule has 0 unspecified atom stereocenters. The SMILES string of the molecule is CCCN(CCC)CC(=O)Nc1ccnn1Cc1ccccc1Cl. The van der Waals surface area contributed by atoms with Crippen LogP contribution >= 0.6 is 11.6 Å². The summed E-state index contributed by atoms with van der Waals surface area (Å²) in [6, 6.07) is 9.45. The number of carbonyl (C=O) groups is 1. The first-order valence-corrected chi connectivity index (χ1v) is 8.79. The summed E-state index contributed by atoms with van der Waals surface area (Å²) in [6.07, 6.45) is 3.76. The molecule has 0 fully saturated rings. The summed E-state index contributed by atoms with van der Waals surface area (Å²) >= 11 is 6.20. The lowest BCUT2D eigenvalue weighted by molar-refractivity contribution is -0.117. The number of rotatable bonds is 9. The number of nitrogens with zero attached hydrogens (tertiary/aromatic N) is 3. The fourth-order valence-corrected chi connectivity index (χ4v) is 2.84. The van der Waals surface area contributed by atoms with Crippen molar-refractivity contribution in [2.45, 2.75) is 33.2 Å². The van der Waals surface area contributed by atoms with E-state index in [4.69, 9.17) is 11.6 Å². The quantitative estimate of drug-likeness (QED) is 0.752. The minimum atomic E-state index is -0.0159. The first kappa shape index (κ1) is 18.5. The molecule has 0 spiro atoms. The lowest BCUT2D eigenvalue weighted by Crippen LogP contribution is -2.34.